The summed E-state index contributed by atoms with van der Waals surface area (Å²) in [5.41, 5.74) is 1.44. The molecule has 7 nitrogen and oxygen atoms in total. The fourth-order valence-corrected chi connectivity index (χ4v) is 6.08. The molecule has 0 aromatic heterocycles. The number of rotatable bonds is 10. The molecule has 0 bridgehead atoms. The van der Waals surface area contributed by atoms with Gasteiger partial charge in [0.15, 0.2) is 0 Å². The Morgan fingerprint density at radius 1 is 0.846 bits per heavy atom. The van der Waals surface area contributed by atoms with Crippen LogP contribution in [0.5, 0.6) is 0 Å². The molecule has 0 radical (unpaired) electrons. The number of aryl methyl sites for hydroxylation is 1. The predicted molar refractivity (Wildman–Crippen MR) is 157 cm³/mol. The van der Waals surface area contributed by atoms with Gasteiger partial charge >= 0.3 is 0 Å². The number of carbonyl (C=O) groups excluding carboxylic acids is 2. The third-order valence-corrected chi connectivity index (χ3v) is 8.80. The summed E-state index contributed by atoms with van der Waals surface area (Å²) in [7, 11) is -4.23. The van der Waals surface area contributed by atoms with Crippen LogP contribution in [-0.4, -0.2) is 43.8 Å². The normalized spacial score (nSPS) is 12.2. The molecule has 0 spiro atoms. The molecule has 0 aliphatic rings. The number of sulfonamides is 1. The van der Waals surface area contributed by atoms with Crippen molar-refractivity contribution in [1.29, 1.82) is 0 Å². The van der Waals surface area contributed by atoms with Crippen molar-refractivity contribution in [2.75, 3.05) is 10.8 Å². The van der Waals surface area contributed by atoms with Gasteiger partial charge in [0.05, 0.1) is 15.6 Å². The number of hydrogen-bond donors (Lipinski definition) is 1. The highest BCUT2D eigenvalue weighted by atomic mass is 35.5. The number of nitrogens with zero attached hydrogens (tertiary/aromatic N) is 2. The first-order valence-electron chi connectivity index (χ1n) is 12.2. The van der Waals surface area contributed by atoms with E-state index in [-0.39, 0.29) is 28.2 Å². The zero-order chi connectivity index (χ0) is 28.9. The summed E-state index contributed by atoms with van der Waals surface area (Å²) in [5.74, 6) is -1.06. The average molecular weight is 611 g/mol. The maximum absolute atomic E-state index is 13.9. The summed E-state index contributed by atoms with van der Waals surface area (Å²) in [5, 5.41) is 3.57. The number of anilines is 1. The topological polar surface area (TPSA) is 86.8 Å². The molecule has 0 saturated heterocycles. The van der Waals surface area contributed by atoms with Crippen LogP contribution < -0.4 is 9.62 Å². The third kappa shape index (κ3) is 7.45. The van der Waals surface area contributed by atoms with E-state index in [1.165, 1.54) is 23.1 Å². The smallest absolute Gasteiger partial charge is 0.264 e. The van der Waals surface area contributed by atoms with Crippen LogP contribution in [0.3, 0.4) is 0 Å². The van der Waals surface area contributed by atoms with Crippen LogP contribution in [-0.2, 0) is 26.2 Å². The summed E-state index contributed by atoms with van der Waals surface area (Å²) >= 11 is 19.2. The lowest BCUT2D eigenvalue weighted by Crippen LogP contribution is -2.52. The van der Waals surface area contributed by atoms with Crippen LogP contribution in [0.15, 0.2) is 71.6 Å². The SMILES string of the molecule is Cc1ccc(S(=O)(=O)N(CC(=O)N(Cc2c(Cl)cccc2Cl)C(C)C(=O)NC(C)C)c2ccccc2Cl)cc1. The fourth-order valence-electron chi connectivity index (χ4n) is 3.85. The molecule has 3 aromatic carbocycles. The van der Waals surface area contributed by atoms with Crippen LogP contribution in [0.1, 0.15) is 31.9 Å². The molecule has 0 fully saturated rings. The van der Waals surface area contributed by atoms with Gasteiger partial charge in [0.1, 0.15) is 12.6 Å². The molecule has 3 aromatic rings. The molecule has 1 N–H and O–H groups in total. The summed E-state index contributed by atoms with van der Waals surface area (Å²) in [6.07, 6.45) is 0. The lowest BCUT2D eigenvalue weighted by atomic mass is 10.1. The predicted octanol–water partition coefficient (Wildman–Crippen LogP) is 6.09. The van der Waals surface area contributed by atoms with E-state index in [0.717, 1.165) is 9.87 Å². The average Bonchev–Trinajstić information content (AvgIpc) is 2.87. The second kappa shape index (κ2) is 13.0. The lowest BCUT2D eigenvalue weighted by molar-refractivity contribution is -0.139. The van der Waals surface area contributed by atoms with Gasteiger partial charge in [-0.15, -0.1) is 0 Å². The van der Waals surface area contributed by atoms with E-state index in [1.807, 2.05) is 6.92 Å². The first-order chi connectivity index (χ1) is 18.3. The Bertz CT molecular complexity index is 1430. The lowest BCUT2D eigenvalue weighted by Gasteiger charge is -2.33. The van der Waals surface area contributed by atoms with Crippen LogP contribution >= 0.6 is 34.8 Å². The summed E-state index contributed by atoms with van der Waals surface area (Å²) in [6, 6.07) is 16.4. The molecular formula is C28H30Cl3N3O4S. The Labute approximate surface area is 244 Å². The number of amides is 2. The van der Waals surface area contributed by atoms with Crippen molar-refractivity contribution >= 4 is 62.3 Å². The summed E-state index contributed by atoms with van der Waals surface area (Å²) in [4.78, 5) is 28.2. The van der Waals surface area contributed by atoms with Crippen molar-refractivity contribution < 1.29 is 18.0 Å². The summed E-state index contributed by atoms with van der Waals surface area (Å²) in [6.45, 7) is 6.26. The van der Waals surface area contributed by atoms with E-state index in [9.17, 15) is 18.0 Å². The van der Waals surface area contributed by atoms with Gasteiger partial charge in [0.25, 0.3) is 10.0 Å². The van der Waals surface area contributed by atoms with Gasteiger partial charge in [0.2, 0.25) is 11.8 Å². The van der Waals surface area contributed by atoms with Gasteiger partial charge in [-0.05, 0) is 64.1 Å². The van der Waals surface area contributed by atoms with E-state index in [1.54, 1.807) is 69.3 Å². The molecule has 208 valence electrons. The maximum atomic E-state index is 13.9. The van der Waals surface area contributed by atoms with E-state index in [0.29, 0.717) is 15.6 Å². The Morgan fingerprint density at radius 2 is 1.41 bits per heavy atom. The van der Waals surface area contributed by atoms with Gasteiger partial charge in [0, 0.05) is 28.2 Å². The van der Waals surface area contributed by atoms with Gasteiger partial charge in [-0.1, -0.05) is 70.7 Å². The first kappa shape index (κ1) is 30.8. The Balaban J connectivity index is 2.08. The van der Waals surface area contributed by atoms with E-state index >= 15 is 0 Å². The van der Waals surface area contributed by atoms with E-state index in [2.05, 4.69) is 5.32 Å². The quantitative estimate of drug-likeness (QED) is 0.301. The maximum Gasteiger partial charge on any atom is 0.264 e. The molecule has 0 saturated carbocycles. The molecule has 11 heteroatoms. The minimum Gasteiger partial charge on any atom is -0.352 e. The van der Waals surface area contributed by atoms with Crippen LogP contribution in [0, 0.1) is 6.92 Å². The largest absolute Gasteiger partial charge is 0.352 e. The number of halogens is 3. The molecule has 3 rings (SSSR count). The van der Waals surface area contributed by atoms with Crippen LogP contribution in [0.4, 0.5) is 5.69 Å². The van der Waals surface area contributed by atoms with Crippen LogP contribution in [0.2, 0.25) is 15.1 Å². The van der Waals surface area contributed by atoms with Crippen molar-refractivity contribution in [2.24, 2.45) is 0 Å². The minimum absolute atomic E-state index is 0.00730. The van der Waals surface area contributed by atoms with Gasteiger partial charge in [-0.25, -0.2) is 8.42 Å². The highest BCUT2D eigenvalue weighted by Crippen LogP contribution is 2.31. The minimum atomic E-state index is -4.23. The highest BCUT2D eigenvalue weighted by molar-refractivity contribution is 7.92. The molecule has 0 heterocycles. The number of benzene rings is 3. The number of carbonyl (C=O) groups is 2. The van der Waals surface area contributed by atoms with Crippen molar-refractivity contribution in [1.82, 2.24) is 10.2 Å². The number of para-hydroxylation sites is 1. The molecular weight excluding hydrogens is 581 g/mol. The number of nitrogens with one attached hydrogen (secondary N) is 1. The number of hydrogen-bond acceptors (Lipinski definition) is 4. The molecule has 1 unspecified atom stereocenters. The van der Waals surface area contributed by atoms with Crippen LogP contribution in [0.25, 0.3) is 0 Å². The van der Waals surface area contributed by atoms with Crippen molar-refractivity contribution in [3.05, 3.63) is 92.9 Å². The van der Waals surface area contributed by atoms with Crippen molar-refractivity contribution in [3.8, 4) is 0 Å². The van der Waals surface area contributed by atoms with E-state index in [4.69, 9.17) is 34.8 Å². The molecule has 2 amide bonds. The van der Waals surface area contributed by atoms with Gasteiger partial charge < -0.3 is 10.2 Å². The monoisotopic (exact) mass is 609 g/mol. The van der Waals surface area contributed by atoms with Gasteiger partial charge in [-0.3, -0.25) is 13.9 Å². The van der Waals surface area contributed by atoms with Gasteiger partial charge in [-0.2, -0.15) is 0 Å². The highest BCUT2D eigenvalue weighted by Gasteiger charge is 2.34. The molecule has 39 heavy (non-hydrogen) atoms. The second-order valence-electron chi connectivity index (χ2n) is 9.34. The molecule has 0 aliphatic heterocycles. The summed E-state index contributed by atoms with van der Waals surface area (Å²) < 4.78 is 28.6. The first-order valence-corrected chi connectivity index (χ1v) is 14.8. The van der Waals surface area contributed by atoms with Crippen molar-refractivity contribution in [2.45, 2.75) is 51.2 Å². The fraction of sp³-hybridized carbons (Fsp3) is 0.286. The Kier molecular flexibility index (Phi) is 10.3. The van der Waals surface area contributed by atoms with E-state index < -0.39 is 34.4 Å². The third-order valence-electron chi connectivity index (χ3n) is 6.00. The van der Waals surface area contributed by atoms with Crippen molar-refractivity contribution in [3.63, 3.8) is 0 Å². The zero-order valence-corrected chi connectivity index (χ0v) is 25.1. The Morgan fingerprint density at radius 3 is 1.97 bits per heavy atom. The Hall–Kier alpha value is -2.78. The zero-order valence-electron chi connectivity index (χ0n) is 22.0. The molecule has 1 atom stereocenters. The molecule has 0 aliphatic carbocycles. The second-order valence-corrected chi connectivity index (χ2v) is 12.4. The standard InChI is InChI=1S/C28H30Cl3N3O4S/c1-18(2)32-28(36)20(4)33(16-22-23(29)9-7-10-24(22)30)27(35)17-34(26-11-6-5-8-25(26)31)39(37,38)21-14-12-19(3)13-15-21/h5-15,18,20H,16-17H2,1-4H3,(H,32,36).